The average Bonchev–Trinajstić information content (AvgIpc) is 2.87. The monoisotopic (exact) mass is 287 g/mol. The van der Waals surface area contributed by atoms with Crippen molar-refractivity contribution in [3.63, 3.8) is 0 Å². The van der Waals surface area contributed by atoms with Crippen LogP contribution in [0, 0.1) is 0 Å². The summed E-state index contributed by atoms with van der Waals surface area (Å²) in [5.74, 6) is -0.798. The lowest BCUT2D eigenvalue weighted by Crippen LogP contribution is -2.30. The van der Waals surface area contributed by atoms with E-state index in [4.69, 9.17) is 14.3 Å². The van der Waals surface area contributed by atoms with Crippen molar-refractivity contribution in [2.75, 3.05) is 11.5 Å². The number of aromatic carboxylic acids is 1. The van der Waals surface area contributed by atoms with Gasteiger partial charge in [0.15, 0.2) is 0 Å². The molecule has 2 heterocycles. The van der Waals surface area contributed by atoms with Gasteiger partial charge in [0.1, 0.15) is 5.75 Å². The van der Waals surface area contributed by atoms with Gasteiger partial charge in [-0.15, -0.1) is 0 Å². The van der Waals surface area contributed by atoms with Crippen molar-refractivity contribution in [3.8, 4) is 5.75 Å². The number of amides is 1. The summed E-state index contributed by atoms with van der Waals surface area (Å²) in [7, 11) is 0. The van der Waals surface area contributed by atoms with Gasteiger partial charge in [0.2, 0.25) is 11.7 Å². The van der Waals surface area contributed by atoms with Crippen LogP contribution in [0.25, 0.3) is 0 Å². The minimum absolute atomic E-state index is 0.113. The van der Waals surface area contributed by atoms with E-state index in [2.05, 4.69) is 0 Å². The van der Waals surface area contributed by atoms with Gasteiger partial charge in [-0.05, 0) is 18.2 Å². The SMILES string of the molecule is O=C(O)c1occc1CN1C(=O)CCOc2ccccc21. The predicted molar refractivity (Wildman–Crippen MR) is 73.4 cm³/mol. The highest BCUT2D eigenvalue weighted by Gasteiger charge is 2.25. The Bertz CT molecular complexity index is 691. The van der Waals surface area contributed by atoms with E-state index in [-0.39, 0.29) is 24.6 Å². The van der Waals surface area contributed by atoms with Gasteiger partial charge < -0.3 is 19.2 Å². The minimum atomic E-state index is -1.15. The molecule has 0 aliphatic carbocycles. The number of hydrogen-bond donors (Lipinski definition) is 1. The summed E-state index contributed by atoms with van der Waals surface area (Å²) < 4.78 is 10.5. The number of ether oxygens (including phenoxy) is 1. The molecule has 1 aliphatic heterocycles. The quantitative estimate of drug-likeness (QED) is 0.936. The van der Waals surface area contributed by atoms with Crippen LogP contribution in [0.1, 0.15) is 22.5 Å². The van der Waals surface area contributed by atoms with Crippen molar-refractivity contribution in [2.45, 2.75) is 13.0 Å². The van der Waals surface area contributed by atoms with Crippen molar-refractivity contribution >= 4 is 17.6 Å². The molecule has 1 amide bonds. The molecular weight excluding hydrogens is 274 g/mol. The molecule has 0 bridgehead atoms. The molecule has 0 atom stereocenters. The van der Waals surface area contributed by atoms with E-state index < -0.39 is 5.97 Å². The molecule has 21 heavy (non-hydrogen) atoms. The third-order valence-electron chi connectivity index (χ3n) is 3.30. The van der Waals surface area contributed by atoms with Crippen molar-refractivity contribution in [1.29, 1.82) is 0 Å². The van der Waals surface area contributed by atoms with Gasteiger partial charge in [-0.25, -0.2) is 4.79 Å². The molecule has 0 radical (unpaired) electrons. The number of furan rings is 1. The molecule has 1 aliphatic rings. The summed E-state index contributed by atoms with van der Waals surface area (Å²) in [4.78, 5) is 24.9. The van der Waals surface area contributed by atoms with Gasteiger partial charge in [-0.1, -0.05) is 12.1 Å². The van der Waals surface area contributed by atoms with Crippen molar-refractivity contribution < 1.29 is 23.8 Å². The fourth-order valence-electron chi connectivity index (χ4n) is 2.31. The van der Waals surface area contributed by atoms with Crippen LogP contribution in [-0.4, -0.2) is 23.6 Å². The summed E-state index contributed by atoms with van der Waals surface area (Å²) in [5, 5.41) is 9.08. The van der Waals surface area contributed by atoms with Crippen LogP contribution in [-0.2, 0) is 11.3 Å². The topological polar surface area (TPSA) is 80.0 Å². The third kappa shape index (κ3) is 2.47. The van der Waals surface area contributed by atoms with Crippen molar-refractivity contribution in [2.24, 2.45) is 0 Å². The van der Waals surface area contributed by atoms with E-state index in [0.29, 0.717) is 23.6 Å². The van der Waals surface area contributed by atoms with Gasteiger partial charge in [0.25, 0.3) is 0 Å². The van der Waals surface area contributed by atoms with Crippen LogP contribution in [0.3, 0.4) is 0 Å². The number of carboxylic acids is 1. The first-order valence-electron chi connectivity index (χ1n) is 6.48. The molecule has 2 aromatic rings. The van der Waals surface area contributed by atoms with Gasteiger partial charge in [-0.3, -0.25) is 4.79 Å². The number of hydrogen-bond acceptors (Lipinski definition) is 4. The summed E-state index contributed by atoms with van der Waals surface area (Å²) in [5.41, 5.74) is 1.09. The summed E-state index contributed by atoms with van der Waals surface area (Å²) >= 11 is 0. The van der Waals surface area contributed by atoms with E-state index in [1.807, 2.05) is 6.07 Å². The molecule has 0 unspecified atom stereocenters. The molecular formula is C15H13NO5. The highest BCUT2D eigenvalue weighted by atomic mass is 16.5. The number of anilines is 1. The maximum atomic E-state index is 12.3. The Hall–Kier alpha value is -2.76. The van der Waals surface area contributed by atoms with Crippen LogP contribution >= 0.6 is 0 Å². The molecule has 0 saturated carbocycles. The Balaban J connectivity index is 1.98. The van der Waals surface area contributed by atoms with Gasteiger partial charge in [0, 0.05) is 5.56 Å². The van der Waals surface area contributed by atoms with E-state index in [1.165, 1.54) is 11.2 Å². The third-order valence-corrected chi connectivity index (χ3v) is 3.30. The maximum Gasteiger partial charge on any atom is 0.372 e. The molecule has 1 aromatic carbocycles. The molecule has 6 heteroatoms. The van der Waals surface area contributed by atoms with Gasteiger partial charge in [0.05, 0.1) is 31.5 Å². The number of para-hydroxylation sites is 2. The molecule has 0 fully saturated rings. The Morgan fingerprint density at radius 2 is 2.10 bits per heavy atom. The second kappa shape index (κ2) is 5.32. The number of fused-ring (bicyclic) bond motifs is 1. The highest BCUT2D eigenvalue weighted by molar-refractivity contribution is 5.96. The normalized spacial score (nSPS) is 14.3. The number of rotatable bonds is 3. The maximum absolute atomic E-state index is 12.3. The molecule has 1 aromatic heterocycles. The first kappa shape index (κ1) is 13.2. The Kier molecular flexibility index (Phi) is 3.35. The van der Waals surface area contributed by atoms with Gasteiger partial charge in [-0.2, -0.15) is 0 Å². The molecule has 0 spiro atoms. The minimum Gasteiger partial charge on any atom is -0.491 e. The lowest BCUT2D eigenvalue weighted by atomic mass is 10.2. The molecule has 108 valence electrons. The zero-order valence-corrected chi connectivity index (χ0v) is 11.1. The largest absolute Gasteiger partial charge is 0.491 e. The van der Waals surface area contributed by atoms with Crippen LogP contribution in [0.5, 0.6) is 5.75 Å². The second-order valence-corrected chi connectivity index (χ2v) is 4.63. The van der Waals surface area contributed by atoms with Gasteiger partial charge >= 0.3 is 5.97 Å². The van der Waals surface area contributed by atoms with E-state index in [0.717, 1.165) is 0 Å². The van der Waals surface area contributed by atoms with Crippen LogP contribution in [0.15, 0.2) is 41.0 Å². The fourth-order valence-corrected chi connectivity index (χ4v) is 2.31. The number of carbonyl (C=O) groups excluding carboxylic acids is 1. The van der Waals surface area contributed by atoms with E-state index in [1.54, 1.807) is 24.3 Å². The average molecular weight is 287 g/mol. The Morgan fingerprint density at radius 3 is 2.90 bits per heavy atom. The first-order chi connectivity index (χ1) is 10.2. The predicted octanol–water partition coefficient (Wildman–Crippen LogP) is 2.29. The molecule has 3 rings (SSSR count). The highest BCUT2D eigenvalue weighted by Crippen LogP contribution is 2.32. The number of carboxylic acid groups (broad SMARTS) is 1. The molecule has 1 N–H and O–H groups in total. The lowest BCUT2D eigenvalue weighted by molar-refractivity contribution is -0.118. The standard InChI is InChI=1S/C15H13NO5/c17-13-6-8-20-12-4-2-1-3-11(12)16(13)9-10-5-7-21-14(10)15(18)19/h1-5,7H,6,8-9H2,(H,18,19). The number of nitrogens with zero attached hydrogens (tertiary/aromatic N) is 1. The number of carbonyl (C=O) groups is 2. The Morgan fingerprint density at radius 1 is 1.29 bits per heavy atom. The summed E-state index contributed by atoms with van der Waals surface area (Å²) in [6, 6.07) is 8.76. The summed E-state index contributed by atoms with van der Waals surface area (Å²) in [6.07, 6.45) is 1.55. The van der Waals surface area contributed by atoms with Crippen molar-refractivity contribution in [1.82, 2.24) is 0 Å². The van der Waals surface area contributed by atoms with Crippen LogP contribution in [0.2, 0.25) is 0 Å². The van der Waals surface area contributed by atoms with E-state index >= 15 is 0 Å². The molecule has 0 saturated heterocycles. The van der Waals surface area contributed by atoms with E-state index in [9.17, 15) is 9.59 Å². The summed E-state index contributed by atoms with van der Waals surface area (Å²) in [6.45, 7) is 0.445. The zero-order chi connectivity index (χ0) is 14.8. The van der Waals surface area contributed by atoms with Crippen LogP contribution in [0.4, 0.5) is 5.69 Å². The zero-order valence-electron chi connectivity index (χ0n) is 11.1. The van der Waals surface area contributed by atoms with Crippen LogP contribution < -0.4 is 9.64 Å². The smallest absolute Gasteiger partial charge is 0.372 e. The number of benzene rings is 1. The first-order valence-corrected chi connectivity index (χ1v) is 6.48. The fraction of sp³-hybridized carbons (Fsp3) is 0.200. The lowest BCUT2D eigenvalue weighted by Gasteiger charge is -2.21. The second-order valence-electron chi connectivity index (χ2n) is 4.63. The van der Waals surface area contributed by atoms with Crippen molar-refractivity contribution in [3.05, 3.63) is 47.9 Å². The Labute approximate surface area is 120 Å². The molecule has 6 nitrogen and oxygen atoms in total.